The molecule has 0 aromatic carbocycles. The lowest BCUT2D eigenvalue weighted by molar-refractivity contribution is -0.143. The first-order chi connectivity index (χ1) is 34.0. The van der Waals surface area contributed by atoms with Gasteiger partial charge in [0.05, 0.1) is 25.4 Å². The van der Waals surface area contributed by atoms with E-state index in [1.54, 1.807) is 6.08 Å². The summed E-state index contributed by atoms with van der Waals surface area (Å²) in [4.78, 5) is 24.6. The molecule has 0 saturated heterocycles. The van der Waals surface area contributed by atoms with Crippen LogP contribution in [-0.2, 0) is 14.3 Å². The fourth-order valence-corrected chi connectivity index (χ4v) is 9.69. The van der Waals surface area contributed by atoms with Crippen LogP contribution in [0.3, 0.4) is 0 Å². The van der Waals surface area contributed by atoms with Crippen LogP contribution in [0.25, 0.3) is 0 Å². The van der Waals surface area contributed by atoms with Crippen molar-refractivity contribution in [3.8, 4) is 0 Å². The maximum Gasteiger partial charge on any atom is 0.305 e. The molecule has 0 fully saturated rings. The minimum absolute atomic E-state index is 0.00935. The molecule has 0 saturated carbocycles. The lowest BCUT2D eigenvalue weighted by Crippen LogP contribution is -2.45. The number of rotatable bonds is 58. The molecule has 0 heterocycles. The summed E-state index contributed by atoms with van der Waals surface area (Å²) >= 11 is 0. The fourth-order valence-electron chi connectivity index (χ4n) is 9.69. The van der Waals surface area contributed by atoms with Crippen LogP contribution in [0, 0.1) is 0 Å². The van der Waals surface area contributed by atoms with Gasteiger partial charge >= 0.3 is 5.97 Å². The summed E-state index contributed by atoms with van der Waals surface area (Å²) in [7, 11) is 0. The summed E-state index contributed by atoms with van der Waals surface area (Å²) in [5, 5.41) is 23.2. The minimum Gasteiger partial charge on any atom is -0.466 e. The Morgan fingerprint density at radius 1 is 0.391 bits per heavy atom. The number of nitrogens with one attached hydrogen (secondary N) is 1. The molecule has 0 radical (unpaired) electrons. The number of allylic oxidation sites excluding steroid dienone is 3. The average molecular weight is 973 g/mol. The summed E-state index contributed by atoms with van der Waals surface area (Å²) in [5.74, 6) is -0.104. The van der Waals surface area contributed by atoms with E-state index >= 15 is 0 Å². The lowest BCUT2D eigenvalue weighted by Gasteiger charge is -2.19. The zero-order valence-electron chi connectivity index (χ0n) is 46.6. The molecule has 0 aliphatic rings. The Kier molecular flexibility index (Phi) is 57.5. The normalized spacial score (nSPS) is 12.7. The van der Waals surface area contributed by atoms with Gasteiger partial charge in [0.25, 0.3) is 0 Å². The topological polar surface area (TPSA) is 95.9 Å². The second-order valence-electron chi connectivity index (χ2n) is 21.4. The van der Waals surface area contributed by atoms with Crippen molar-refractivity contribution in [2.75, 3.05) is 13.2 Å². The molecule has 6 nitrogen and oxygen atoms in total. The van der Waals surface area contributed by atoms with Gasteiger partial charge in [-0.15, -0.1) is 0 Å². The zero-order chi connectivity index (χ0) is 50.0. The van der Waals surface area contributed by atoms with Gasteiger partial charge in [0.2, 0.25) is 5.91 Å². The highest BCUT2D eigenvalue weighted by atomic mass is 16.5. The van der Waals surface area contributed by atoms with Crippen LogP contribution in [0.5, 0.6) is 0 Å². The maximum absolute atomic E-state index is 12.5. The molecular weight excluding hydrogens is 851 g/mol. The number of esters is 1. The molecule has 6 heteroatoms. The molecule has 0 bridgehead atoms. The van der Waals surface area contributed by atoms with Gasteiger partial charge in [-0.3, -0.25) is 9.59 Å². The molecule has 0 spiro atoms. The predicted octanol–water partition coefficient (Wildman–Crippen LogP) is 19.4. The van der Waals surface area contributed by atoms with Crippen LogP contribution in [-0.4, -0.2) is 47.4 Å². The molecule has 0 rings (SSSR count). The quantitative estimate of drug-likeness (QED) is 0.0321. The van der Waals surface area contributed by atoms with E-state index in [-0.39, 0.29) is 18.5 Å². The smallest absolute Gasteiger partial charge is 0.305 e. The molecule has 1 amide bonds. The van der Waals surface area contributed by atoms with Crippen LogP contribution in [0.15, 0.2) is 24.3 Å². The molecule has 408 valence electrons. The molecule has 0 aromatic heterocycles. The van der Waals surface area contributed by atoms with Crippen LogP contribution < -0.4 is 5.32 Å². The van der Waals surface area contributed by atoms with Crippen molar-refractivity contribution in [2.24, 2.45) is 0 Å². The minimum atomic E-state index is -0.862. The second kappa shape index (κ2) is 58.9. The van der Waals surface area contributed by atoms with Crippen LogP contribution in [0.4, 0.5) is 0 Å². The van der Waals surface area contributed by atoms with E-state index in [1.807, 2.05) is 6.08 Å². The Morgan fingerprint density at radius 3 is 1.04 bits per heavy atom. The number of carbonyl (C=O) groups excluding carboxylic acids is 2. The van der Waals surface area contributed by atoms with E-state index < -0.39 is 12.1 Å². The van der Waals surface area contributed by atoms with Crippen molar-refractivity contribution >= 4 is 11.9 Å². The molecule has 0 aliphatic carbocycles. The highest BCUT2D eigenvalue weighted by Gasteiger charge is 2.18. The Balaban J connectivity index is 3.50. The first-order valence-electron chi connectivity index (χ1n) is 31.1. The molecule has 2 atom stereocenters. The standard InChI is InChI=1S/C63H121NO5/c1-3-5-7-9-11-13-15-17-19-21-22-23-24-25-27-28-31-35-39-43-47-51-55-61(66)60(59-65)64-62(67)56-52-48-44-40-36-32-30-34-38-42-46-50-54-58-69-63(68)57-53-49-45-41-37-33-29-26-20-18-16-14-12-10-8-6-4-2/h32,36,51,55,60-61,65-66H,3-31,33-35,37-50,52-54,56-59H2,1-2H3,(H,64,67)/b36-32-,55-51+. The molecule has 2 unspecified atom stereocenters. The van der Waals surface area contributed by atoms with Gasteiger partial charge < -0.3 is 20.3 Å². The first-order valence-corrected chi connectivity index (χ1v) is 31.1. The number of hydrogen-bond acceptors (Lipinski definition) is 5. The average Bonchev–Trinajstić information content (AvgIpc) is 3.35. The summed E-state index contributed by atoms with van der Waals surface area (Å²) in [6.45, 7) is 4.89. The Labute approximate surface area is 431 Å². The van der Waals surface area contributed by atoms with E-state index in [4.69, 9.17) is 4.74 Å². The largest absolute Gasteiger partial charge is 0.466 e. The van der Waals surface area contributed by atoms with E-state index in [0.717, 1.165) is 70.6 Å². The van der Waals surface area contributed by atoms with Gasteiger partial charge in [0.1, 0.15) is 0 Å². The monoisotopic (exact) mass is 972 g/mol. The number of unbranched alkanes of at least 4 members (excludes halogenated alkanes) is 45. The molecule has 69 heavy (non-hydrogen) atoms. The van der Waals surface area contributed by atoms with Crippen LogP contribution >= 0.6 is 0 Å². The zero-order valence-corrected chi connectivity index (χ0v) is 46.6. The van der Waals surface area contributed by atoms with Crippen molar-refractivity contribution in [3.63, 3.8) is 0 Å². The third kappa shape index (κ3) is 55.5. The van der Waals surface area contributed by atoms with Crippen molar-refractivity contribution in [1.29, 1.82) is 0 Å². The van der Waals surface area contributed by atoms with Crippen LogP contribution in [0.1, 0.15) is 341 Å². The summed E-state index contributed by atoms with van der Waals surface area (Å²) in [5.41, 5.74) is 0. The summed E-state index contributed by atoms with van der Waals surface area (Å²) in [6, 6.07) is -0.649. The van der Waals surface area contributed by atoms with Crippen molar-refractivity contribution in [3.05, 3.63) is 24.3 Å². The highest BCUT2D eigenvalue weighted by Crippen LogP contribution is 2.18. The molecule has 0 aliphatic heterocycles. The van der Waals surface area contributed by atoms with Crippen molar-refractivity contribution < 1.29 is 24.5 Å². The third-order valence-electron chi connectivity index (χ3n) is 14.5. The van der Waals surface area contributed by atoms with E-state index in [0.29, 0.717) is 19.4 Å². The molecule has 3 N–H and O–H groups in total. The van der Waals surface area contributed by atoms with Crippen LogP contribution in [0.2, 0.25) is 0 Å². The third-order valence-corrected chi connectivity index (χ3v) is 14.5. The van der Waals surface area contributed by atoms with Gasteiger partial charge in [-0.05, 0) is 57.8 Å². The van der Waals surface area contributed by atoms with Gasteiger partial charge in [-0.25, -0.2) is 0 Å². The highest BCUT2D eigenvalue weighted by molar-refractivity contribution is 5.76. The van der Waals surface area contributed by atoms with E-state index in [1.165, 1.54) is 244 Å². The maximum atomic E-state index is 12.5. The predicted molar refractivity (Wildman–Crippen MR) is 301 cm³/mol. The van der Waals surface area contributed by atoms with Gasteiger partial charge in [0.15, 0.2) is 0 Å². The second-order valence-corrected chi connectivity index (χ2v) is 21.4. The molecule has 0 aromatic rings. The summed E-state index contributed by atoms with van der Waals surface area (Å²) < 4.78 is 5.48. The molecular formula is C63H121NO5. The number of carbonyl (C=O) groups is 2. The van der Waals surface area contributed by atoms with Gasteiger partial charge in [-0.2, -0.15) is 0 Å². The number of ether oxygens (including phenoxy) is 1. The number of aliphatic hydroxyl groups excluding tert-OH is 2. The van der Waals surface area contributed by atoms with Gasteiger partial charge in [-0.1, -0.05) is 295 Å². The number of hydrogen-bond donors (Lipinski definition) is 3. The van der Waals surface area contributed by atoms with Crippen molar-refractivity contribution in [1.82, 2.24) is 5.32 Å². The van der Waals surface area contributed by atoms with Crippen molar-refractivity contribution in [2.45, 2.75) is 353 Å². The van der Waals surface area contributed by atoms with Gasteiger partial charge in [0, 0.05) is 12.8 Å². The van der Waals surface area contributed by atoms with E-state index in [2.05, 4.69) is 31.3 Å². The SMILES string of the molecule is CCCCCCCCCCCCCCCCCCCCCC/C=C/C(O)C(CO)NC(=O)CCCCC/C=C\CCCCCCCCOC(=O)CCCCCCCCCCCCCCCCCCC. The Morgan fingerprint density at radius 2 is 0.681 bits per heavy atom. The lowest BCUT2D eigenvalue weighted by atomic mass is 10.0. The number of amides is 1. The Hall–Kier alpha value is -1.66. The Bertz CT molecular complexity index is 1080. The fraction of sp³-hybridized carbons (Fsp3) is 0.905. The number of aliphatic hydroxyl groups is 2. The first kappa shape index (κ1) is 67.3. The summed E-state index contributed by atoms with van der Waals surface area (Å²) in [6.07, 6.45) is 72.1. The van der Waals surface area contributed by atoms with E-state index in [9.17, 15) is 19.8 Å².